The molecule has 7 fully saturated rings. The minimum atomic E-state index is -1.01. The molecule has 4 aliphatic heterocycles. The number of carbonyl (C=O) groups is 1. The molecule has 4 heterocycles. The summed E-state index contributed by atoms with van der Waals surface area (Å²) in [6.07, 6.45) is -1.51. The Morgan fingerprint density at radius 1 is 0.691 bits per heavy atom. The zero-order valence-corrected chi connectivity index (χ0v) is 32.9. The zero-order chi connectivity index (χ0) is 39.2. The summed E-state index contributed by atoms with van der Waals surface area (Å²) >= 11 is 0. The van der Waals surface area contributed by atoms with Gasteiger partial charge in [-0.25, -0.2) is 4.79 Å². The van der Waals surface area contributed by atoms with Crippen LogP contribution in [-0.4, -0.2) is 135 Å². The number of hydrogen-bond donors (Lipinski definition) is 6. The molecule has 0 spiro atoms. The maximum absolute atomic E-state index is 12.6. The van der Waals surface area contributed by atoms with E-state index in [-0.39, 0.29) is 61.1 Å². The van der Waals surface area contributed by atoms with Crippen LogP contribution in [0.5, 0.6) is 0 Å². The van der Waals surface area contributed by atoms with E-state index in [1.54, 1.807) is 19.9 Å². The molecule has 4 aliphatic carbocycles. The van der Waals surface area contributed by atoms with Crippen LogP contribution in [0.25, 0.3) is 0 Å². The first-order valence-electron chi connectivity index (χ1n) is 20.9. The topological polar surface area (TPSA) is 203 Å². The first-order chi connectivity index (χ1) is 26.0. The first kappa shape index (κ1) is 40.5. The number of hydrogen-bond acceptors (Lipinski definition) is 14. The van der Waals surface area contributed by atoms with Crippen molar-refractivity contribution in [3.63, 3.8) is 0 Å². The quantitative estimate of drug-likeness (QED) is 0.162. The van der Waals surface area contributed by atoms with Gasteiger partial charge in [0.2, 0.25) is 0 Å². The maximum Gasteiger partial charge on any atom is 0.331 e. The Balaban J connectivity index is 0.837. The Hall–Kier alpha value is -1.27. The molecule has 3 saturated heterocycles. The summed E-state index contributed by atoms with van der Waals surface area (Å²) in [5, 5.41) is 66.9. The van der Waals surface area contributed by atoms with Crippen molar-refractivity contribution in [1.29, 1.82) is 0 Å². The van der Waals surface area contributed by atoms with E-state index in [0.29, 0.717) is 18.8 Å². The minimum Gasteiger partial charge on any atom is -0.458 e. The normalized spacial score (nSPS) is 55.5. The van der Waals surface area contributed by atoms with Crippen LogP contribution < -0.4 is 0 Å². The van der Waals surface area contributed by atoms with E-state index < -0.39 is 90.9 Å². The van der Waals surface area contributed by atoms with Crippen LogP contribution in [0.4, 0.5) is 0 Å². The molecule has 0 amide bonds. The molecule has 312 valence electrons. The van der Waals surface area contributed by atoms with E-state index in [9.17, 15) is 35.4 Å². The minimum absolute atomic E-state index is 0.0452. The molecule has 0 aromatic heterocycles. The molecule has 8 rings (SSSR count). The van der Waals surface area contributed by atoms with E-state index in [2.05, 4.69) is 6.92 Å². The van der Waals surface area contributed by atoms with Gasteiger partial charge in [0.15, 0.2) is 18.9 Å². The molecule has 55 heavy (non-hydrogen) atoms. The van der Waals surface area contributed by atoms with Gasteiger partial charge < -0.3 is 63.8 Å². The molecule has 0 aromatic rings. The fraction of sp³-hybridized carbons (Fsp3) is 0.927. The van der Waals surface area contributed by atoms with Crippen molar-refractivity contribution >= 4 is 5.97 Å². The molecule has 6 N–H and O–H groups in total. The summed E-state index contributed by atoms with van der Waals surface area (Å²) in [5.74, 6) is 0.204. The first-order valence-corrected chi connectivity index (χ1v) is 20.9. The van der Waals surface area contributed by atoms with Crippen molar-refractivity contribution < 1.29 is 68.6 Å². The van der Waals surface area contributed by atoms with Crippen LogP contribution in [0.1, 0.15) is 105 Å². The van der Waals surface area contributed by atoms with Crippen LogP contribution >= 0.6 is 0 Å². The van der Waals surface area contributed by atoms with Crippen molar-refractivity contribution in [3.8, 4) is 0 Å². The van der Waals surface area contributed by atoms with Crippen LogP contribution in [0.15, 0.2) is 11.6 Å². The number of fused-ring (bicyclic) bond motifs is 5. The molecule has 0 aromatic carbocycles. The van der Waals surface area contributed by atoms with Crippen LogP contribution in [0.3, 0.4) is 0 Å². The molecule has 0 bridgehead atoms. The Bertz CT molecular complexity index is 1410. The van der Waals surface area contributed by atoms with Gasteiger partial charge in [0, 0.05) is 30.8 Å². The average molecular weight is 781 g/mol. The lowest BCUT2D eigenvalue weighted by atomic mass is 9.42. The highest BCUT2D eigenvalue weighted by atomic mass is 16.7. The summed E-state index contributed by atoms with van der Waals surface area (Å²) in [6, 6.07) is 0. The van der Waals surface area contributed by atoms with Crippen molar-refractivity contribution in [1.82, 2.24) is 0 Å². The van der Waals surface area contributed by atoms with Gasteiger partial charge in [0.1, 0.15) is 24.9 Å². The number of rotatable bonds is 7. The predicted molar refractivity (Wildman–Crippen MR) is 193 cm³/mol. The highest BCUT2D eigenvalue weighted by molar-refractivity contribution is 5.85. The second-order valence-corrected chi connectivity index (χ2v) is 18.8. The van der Waals surface area contributed by atoms with Gasteiger partial charge in [-0.1, -0.05) is 13.8 Å². The third-order valence-electron chi connectivity index (χ3n) is 16.0. The number of cyclic esters (lactones) is 1. The molecule has 14 nitrogen and oxygen atoms in total. The third kappa shape index (κ3) is 6.95. The van der Waals surface area contributed by atoms with Crippen LogP contribution in [0, 0.1) is 34.5 Å². The number of esters is 1. The molecule has 8 aliphatic rings. The zero-order valence-electron chi connectivity index (χ0n) is 32.9. The number of ether oxygens (including phenoxy) is 7. The van der Waals surface area contributed by atoms with E-state index >= 15 is 0 Å². The molecule has 4 saturated carbocycles. The lowest BCUT2D eigenvalue weighted by Crippen LogP contribution is -2.67. The number of carbonyl (C=O) groups excluding carboxylic acids is 1. The lowest BCUT2D eigenvalue weighted by Gasteiger charge is -2.65. The SMILES string of the molecule is C[C@H]1O[C@@H](O[C@H]2[C@@H](O)C[C@@H](O[C@@H]3[C@@H](O)C[C@H](O[C@H]4CC[C@@]5(C)[C@H](CC[C@@H]6[C@@H]5C[C@@H](O)[C@]5(C)[C@@H](C7=CC(=O)OC7)CC[C@]65O)C4)O[C@@H]3C)O[C@@H]2C)C[C@H](O)[C@@H]1O. The fourth-order valence-corrected chi connectivity index (χ4v) is 12.8. The van der Waals surface area contributed by atoms with Crippen molar-refractivity contribution in [2.45, 2.75) is 197 Å². The molecular formula is C41H64O14. The second-order valence-electron chi connectivity index (χ2n) is 18.8. The second kappa shape index (κ2) is 15.1. The summed E-state index contributed by atoms with van der Waals surface area (Å²) in [7, 11) is 0. The van der Waals surface area contributed by atoms with E-state index in [4.69, 9.17) is 33.2 Å². The summed E-state index contributed by atoms with van der Waals surface area (Å²) in [4.78, 5) is 11.9. The highest BCUT2D eigenvalue weighted by Gasteiger charge is 2.71. The Kier molecular flexibility index (Phi) is 11.1. The van der Waals surface area contributed by atoms with Gasteiger partial charge in [0.05, 0.1) is 54.4 Å². The van der Waals surface area contributed by atoms with E-state index in [1.807, 2.05) is 13.8 Å². The molecule has 0 radical (unpaired) electrons. The Morgan fingerprint density at radius 2 is 1.29 bits per heavy atom. The molecule has 21 atom stereocenters. The number of aliphatic hydroxyl groups is 6. The lowest BCUT2D eigenvalue weighted by molar-refractivity contribution is -0.336. The average Bonchev–Trinajstić information content (AvgIpc) is 3.67. The summed E-state index contributed by atoms with van der Waals surface area (Å²) in [6.45, 7) is 9.90. The van der Waals surface area contributed by atoms with Gasteiger partial charge in [-0.15, -0.1) is 0 Å². The monoisotopic (exact) mass is 780 g/mol. The van der Waals surface area contributed by atoms with Crippen molar-refractivity contribution in [3.05, 3.63) is 11.6 Å². The smallest absolute Gasteiger partial charge is 0.331 e. The Labute approximate surface area is 323 Å². The van der Waals surface area contributed by atoms with Gasteiger partial charge in [-0.3, -0.25) is 0 Å². The highest BCUT2D eigenvalue weighted by Crippen LogP contribution is 2.70. The summed E-state index contributed by atoms with van der Waals surface area (Å²) in [5.41, 5.74) is -0.892. The van der Waals surface area contributed by atoms with Gasteiger partial charge in [0.25, 0.3) is 0 Å². The van der Waals surface area contributed by atoms with Crippen molar-refractivity contribution in [2.75, 3.05) is 6.61 Å². The Morgan fingerprint density at radius 3 is 1.87 bits per heavy atom. The molecular weight excluding hydrogens is 716 g/mol. The van der Waals surface area contributed by atoms with E-state index in [0.717, 1.165) is 44.1 Å². The molecule has 0 unspecified atom stereocenters. The van der Waals surface area contributed by atoms with Gasteiger partial charge in [-0.2, -0.15) is 0 Å². The summed E-state index contributed by atoms with van der Waals surface area (Å²) < 4.78 is 42.1. The fourth-order valence-electron chi connectivity index (χ4n) is 12.8. The van der Waals surface area contributed by atoms with Crippen molar-refractivity contribution in [2.24, 2.45) is 34.5 Å². The third-order valence-corrected chi connectivity index (χ3v) is 16.0. The van der Waals surface area contributed by atoms with Gasteiger partial charge >= 0.3 is 5.97 Å². The predicted octanol–water partition coefficient (Wildman–Crippen LogP) is 2.22. The largest absolute Gasteiger partial charge is 0.458 e. The number of aliphatic hydroxyl groups excluding tert-OH is 5. The maximum atomic E-state index is 12.6. The van der Waals surface area contributed by atoms with Crippen LogP contribution in [0.2, 0.25) is 0 Å². The van der Waals surface area contributed by atoms with Crippen LogP contribution in [-0.2, 0) is 38.0 Å². The van der Waals surface area contributed by atoms with Gasteiger partial charge in [-0.05, 0) is 107 Å². The standard InChI is InChI=1S/C41H64O14/c1-19-36(47)28(42)15-34(50-19)54-38-21(3)52-35(17-30(38)44)55-37-20(2)51-33(16-29(37)43)53-24-8-10-39(4)23(13-24)6-7-26-27(39)14-31(45)40(5)25(9-11-41(26,40)48)22-12-32(46)49-18-22/h12,19-21,23-31,33-38,42-45,47-48H,6-11,13-18H2,1-5H3/t19-,20-,21-,23-,24+,25-,26-,27+,28+,29+,30+,31-,33+,34+,35-,36-,37+,38-,39+,40+,41+/m1/s1. The van der Waals surface area contributed by atoms with E-state index in [1.165, 1.54) is 0 Å². The molecule has 14 heteroatoms.